The molecule has 1 aliphatic rings. The Morgan fingerprint density at radius 2 is 1.90 bits per heavy atom. The zero-order valence-electron chi connectivity index (χ0n) is 14.5. The molecule has 0 aliphatic carbocycles. The molecule has 1 amide bonds. The monoisotopic (exact) mass is 287 g/mol. The Morgan fingerprint density at radius 1 is 1.30 bits per heavy atom. The zero-order chi connectivity index (χ0) is 15.8. The van der Waals surface area contributed by atoms with Gasteiger partial charge < -0.3 is 15.5 Å². The first-order valence-corrected chi connectivity index (χ1v) is 8.19. The van der Waals surface area contributed by atoms with Gasteiger partial charge in [-0.15, -0.1) is 0 Å². The molecule has 0 aromatic heterocycles. The van der Waals surface area contributed by atoms with Crippen LogP contribution in [0.1, 0.15) is 59.8 Å². The summed E-state index contributed by atoms with van der Waals surface area (Å²) in [6.07, 6.45) is 7.34. The van der Waals surface area contributed by atoms with E-state index in [1.807, 2.05) is 13.8 Å². The molecule has 2 atom stereocenters. The third kappa shape index (κ3) is 13.8. The maximum Gasteiger partial charge on any atom is 0.206 e. The van der Waals surface area contributed by atoms with Crippen LogP contribution in [0.15, 0.2) is 0 Å². The Kier molecular flexibility index (Phi) is 17.8. The Bertz CT molecular complexity index is 200. The molecule has 20 heavy (non-hydrogen) atoms. The molecule has 1 aliphatic heterocycles. The lowest BCUT2D eigenvalue weighted by Gasteiger charge is -2.19. The number of carbonyl (C=O) groups is 1. The highest BCUT2D eigenvalue weighted by molar-refractivity contribution is 5.44. The minimum atomic E-state index is 0.625. The van der Waals surface area contributed by atoms with Gasteiger partial charge in [-0.25, -0.2) is 0 Å². The predicted molar refractivity (Wildman–Crippen MR) is 89.1 cm³/mol. The third-order valence-corrected chi connectivity index (χ3v) is 3.34. The van der Waals surface area contributed by atoms with Crippen molar-refractivity contribution in [3.8, 4) is 0 Å². The summed E-state index contributed by atoms with van der Waals surface area (Å²) in [5.74, 6) is 0. The standard InChI is InChI=1S/C12H26N2.C2H5NO.C2H6/c1-4-5-9-14(3)10-8-12-7-6-11(2)13-12;1-3-2-4;1-2/h11-13H,4-10H2,1-3H3;2H,1H3,(H,3,4);1-2H3. The lowest BCUT2D eigenvalue weighted by Crippen LogP contribution is -2.31. The van der Waals surface area contributed by atoms with Crippen molar-refractivity contribution in [3.63, 3.8) is 0 Å². The number of nitrogens with zero attached hydrogens (tertiary/aromatic N) is 1. The van der Waals surface area contributed by atoms with E-state index >= 15 is 0 Å². The molecule has 0 saturated carbocycles. The number of carbonyl (C=O) groups excluding carboxylic acids is 1. The van der Waals surface area contributed by atoms with E-state index in [9.17, 15) is 0 Å². The number of amides is 1. The van der Waals surface area contributed by atoms with Gasteiger partial charge in [0.05, 0.1) is 0 Å². The first-order valence-electron chi connectivity index (χ1n) is 8.19. The summed E-state index contributed by atoms with van der Waals surface area (Å²) in [4.78, 5) is 11.5. The van der Waals surface area contributed by atoms with Crippen molar-refractivity contribution in [2.75, 3.05) is 27.2 Å². The quantitative estimate of drug-likeness (QED) is 0.708. The van der Waals surface area contributed by atoms with Gasteiger partial charge in [0.25, 0.3) is 0 Å². The molecule has 1 heterocycles. The van der Waals surface area contributed by atoms with E-state index in [1.54, 1.807) is 7.05 Å². The fourth-order valence-corrected chi connectivity index (χ4v) is 2.16. The summed E-state index contributed by atoms with van der Waals surface area (Å²) in [6.45, 7) is 11.1. The summed E-state index contributed by atoms with van der Waals surface area (Å²) in [6, 6.07) is 1.54. The zero-order valence-corrected chi connectivity index (χ0v) is 14.5. The van der Waals surface area contributed by atoms with Gasteiger partial charge in [0.2, 0.25) is 6.41 Å². The molecule has 0 spiro atoms. The van der Waals surface area contributed by atoms with E-state index in [0.717, 1.165) is 12.1 Å². The van der Waals surface area contributed by atoms with Crippen LogP contribution in [0.3, 0.4) is 0 Å². The molecule has 0 aromatic rings. The molecule has 4 heteroatoms. The van der Waals surface area contributed by atoms with Crippen molar-refractivity contribution in [3.05, 3.63) is 0 Å². The maximum atomic E-state index is 9.06. The Morgan fingerprint density at radius 3 is 2.30 bits per heavy atom. The fraction of sp³-hybridized carbons (Fsp3) is 0.938. The molecule has 1 saturated heterocycles. The second-order valence-electron chi connectivity index (χ2n) is 5.19. The smallest absolute Gasteiger partial charge is 0.206 e. The molecule has 0 bridgehead atoms. The molecular weight excluding hydrogens is 250 g/mol. The van der Waals surface area contributed by atoms with E-state index in [4.69, 9.17) is 4.79 Å². The molecular formula is C16H37N3O. The molecule has 0 radical (unpaired) electrons. The largest absolute Gasteiger partial charge is 0.362 e. The van der Waals surface area contributed by atoms with Crippen LogP contribution < -0.4 is 10.6 Å². The second-order valence-corrected chi connectivity index (χ2v) is 5.19. The van der Waals surface area contributed by atoms with Crippen LogP contribution in [0, 0.1) is 0 Å². The Labute approximate surface area is 126 Å². The molecule has 2 N–H and O–H groups in total. The Hall–Kier alpha value is -0.610. The fourth-order valence-electron chi connectivity index (χ4n) is 2.16. The minimum Gasteiger partial charge on any atom is -0.362 e. The lowest BCUT2D eigenvalue weighted by molar-refractivity contribution is -0.109. The molecule has 0 aromatic carbocycles. The molecule has 4 nitrogen and oxygen atoms in total. The molecule has 2 unspecified atom stereocenters. The van der Waals surface area contributed by atoms with E-state index in [1.165, 1.54) is 45.2 Å². The Balaban J connectivity index is 0. The third-order valence-electron chi connectivity index (χ3n) is 3.34. The van der Waals surface area contributed by atoms with Crippen molar-refractivity contribution in [1.29, 1.82) is 0 Å². The average molecular weight is 287 g/mol. The first kappa shape index (κ1) is 21.7. The van der Waals surface area contributed by atoms with Crippen molar-refractivity contribution >= 4 is 6.41 Å². The summed E-state index contributed by atoms with van der Waals surface area (Å²) < 4.78 is 0. The highest BCUT2D eigenvalue weighted by Crippen LogP contribution is 2.14. The van der Waals surface area contributed by atoms with Crippen LogP contribution in [0.5, 0.6) is 0 Å². The van der Waals surface area contributed by atoms with Gasteiger partial charge in [-0.1, -0.05) is 27.2 Å². The van der Waals surface area contributed by atoms with Gasteiger partial charge in [0.15, 0.2) is 0 Å². The van der Waals surface area contributed by atoms with E-state index in [-0.39, 0.29) is 0 Å². The van der Waals surface area contributed by atoms with Crippen molar-refractivity contribution in [2.24, 2.45) is 0 Å². The maximum absolute atomic E-state index is 9.06. The van der Waals surface area contributed by atoms with Crippen LogP contribution in [-0.4, -0.2) is 50.6 Å². The van der Waals surface area contributed by atoms with Gasteiger partial charge in [0.1, 0.15) is 0 Å². The van der Waals surface area contributed by atoms with E-state index in [2.05, 4.69) is 36.4 Å². The number of rotatable bonds is 7. The van der Waals surface area contributed by atoms with Crippen LogP contribution in [-0.2, 0) is 4.79 Å². The highest BCUT2D eigenvalue weighted by atomic mass is 16.1. The van der Waals surface area contributed by atoms with Gasteiger partial charge >= 0.3 is 0 Å². The summed E-state index contributed by atoms with van der Waals surface area (Å²) >= 11 is 0. The van der Waals surface area contributed by atoms with Crippen molar-refractivity contribution in [1.82, 2.24) is 15.5 Å². The second kappa shape index (κ2) is 16.4. The lowest BCUT2D eigenvalue weighted by atomic mass is 10.1. The predicted octanol–water partition coefficient (Wildman–Crippen LogP) is 2.64. The molecule has 122 valence electrons. The molecule has 1 fully saturated rings. The summed E-state index contributed by atoms with van der Waals surface area (Å²) in [7, 11) is 3.81. The van der Waals surface area contributed by atoms with E-state index < -0.39 is 0 Å². The topological polar surface area (TPSA) is 44.4 Å². The number of nitrogens with one attached hydrogen (secondary N) is 2. The SMILES string of the molecule is CC.CCCCN(C)CCC1CCC(C)N1.CNC=O. The van der Waals surface area contributed by atoms with Crippen LogP contribution >= 0.6 is 0 Å². The van der Waals surface area contributed by atoms with Gasteiger partial charge in [-0.05, 0) is 52.7 Å². The van der Waals surface area contributed by atoms with Gasteiger partial charge in [-0.2, -0.15) is 0 Å². The highest BCUT2D eigenvalue weighted by Gasteiger charge is 2.19. The first-order chi connectivity index (χ1) is 9.63. The summed E-state index contributed by atoms with van der Waals surface area (Å²) in [5, 5.41) is 5.89. The van der Waals surface area contributed by atoms with Crippen LogP contribution in [0.4, 0.5) is 0 Å². The summed E-state index contributed by atoms with van der Waals surface area (Å²) in [5.41, 5.74) is 0. The average Bonchev–Trinajstić information content (AvgIpc) is 2.91. The van der Waals surface area contributed by atoms with Gasteiger partial charge in [-0.3, -0.25) is 4.79 Å². The van der Waals surface area contributed by atoms with Crippen molar-refractivity contribution < 1.29 is 4.79 Å². The van der Waals surface area contributed by atoms with Crippen LogP contribution in [0.2, 0.25) is 0 Å². The number of unbranched alkanes of at least 4 members (excludes halogenated alkanes) is 1. The normalized spacial score (nSPS) is 20.6. The minimum absolute atomic E-state index is 0.625. The van der Waals surface area contributed by atoms with Gasteiger partial charge in [0, 0.05) is 19.1 Å². The van der Waals surface area contributed by atoms with E-state index in [0.29, 0.717) is 6.41 Å². The molecule has 1 rings (SSSR count). The van der Waals surface area contributed by atoms with Crippen LogP contribution in [0.25, 0.3) is 0 Å². The number of hydrogen-bond acceptors (Lipinski definition) is 3. The van der Waals surface area contributed by atoms with Crippen molar-refractivity contribution in [2.45, 2.75) is 71.9 Å². The number of hydrogen-bond donors (Lipinski definition) is 2.